The van der Waals surface area contributed by atoms with E-state index in [1.165, 1.54) is 64.2 Å². The molecule has 12 heteroatoms. The van der Waals surface area contributed by atoms with Crippen LogP contribution in [-0.2, 0) is 42.9 Å². The van der Waals surface area contributed by atoms with Crippen LogP contribution in [0.5, 0.6) is 0 Å². The third-order valence-electron chi connectivity index (χ3n) is 13.0. The SMILES string of the molecule is CCCC/C=C\CCCCCCCC(=O)OC(COC(=O)CCCCCCCC/C=C\C/C=C\C/C=C\CCCCC)COC1OC(C(=O)O)C(O)C(O)C1OC(=O)CCCCCCC/C=C\CCCCCC. The van der Waals surface area contributed by atoms with E-state index in [0.717, 1.165) is 128 Å². The first-order valence-electron chi connectivity index (χ1n) is 29.3. The molecule has 73 heavy (non-hydrogen) atoms. The van der Waals surface area contributed by atoms with Crippen LogP contribution in [0.25, 0.3) is 0 Å². The van der Waals surface area contributed by atoms with E-state index >= 15 is 0 Å². The number of rotatable bonds is 49. The second-order valence-corrected chi connectivity index (χ2v) is 19.9. The van der Waals surface area contributed by atoms with E-state index < -0.39 is 67.3 Å². The van der Waals surface area contributed by atoms with Crippen molar-refractivity contribution in [3.63, 3.8) is 0 Å². The summed E-state index contributed by atoms with van der Waals surface area (Å²) >= 11 is 0. The number of hydrogen-bond acceptors (Lipinski definition) is 11. The van der Waals surface area contributed by atoms with Gasteiger partial charge in [-0.3, -0.25) is 14.4 Å². The summed E-state index contributed by atoms with van der Waals surface area (Å²) in [5.74, 6) is -3.15. The van der Waals surface area contributed by atoms with Crippen molar-refractivity contribution in [2.24, 2.45) is 0 Å². The molecule has 0 radical (unpaired) electrons. The number of carboxylic acid groups (broad SMARTS) is 1. The van der Waals surface area contributed by atoms with Crippen molar-refractivity contribution < 1.29 is 58.2 Å². The van der Waals surface area contributed by atoms with Gasteiger partial charge in [0.1, 0.15) is 18.8 Å². The van der Waals surface area contributed by atoms with Gasteiger partial charge in [0.15, 0.2) is 24.6 Å². The molecule has 0 aliphatic carbocycles. The molecule has 0 aromatic rings. The van der Waals surface area contributed by atoms with E-state index in [0.29, 0.717) is 19.3 Å². The Bertz CT molecular complexity index is 1500. The number of esters is 3. The average molecular weight is 1030 g/mol. The van der Waals surface area contributed by atoms with E-state index in [4.69, 9.17) is 23.7 Å². The molecule has 1 fully saturated rings. The highest BCUT2D eigenvalue weighted by molar-refractivity contribution is 5.74. The summed E-state index contributed by atoms with van der Waals surface area (Å²) in [5.41, 5.74) is 0. The van der Waals surface area contributed by atoms with Crippen LogP contribution in [0.1, 0.15) is 252 Å². The Kier molecular flexibility index (Phi) is 45.5. The Hall–Kier alpha value is -3.58. The van der Waals surface area contributed by atoms with E-state index in [-0.39, 0.29) is 25.9 Å². The third kappa shape index (κ3) is 39.5. The van der Waals surface area contributed by atoms with Crippen LogP contribution in [0, 0.1) is 0 Å². The van der Waals surface area contributed by atoms with Crippen LogP contribution < -0.4 is 0 Å². The molecule has 0 aromatic carbocycles. The molecular weight excluding hydrogens is 925 g/mol. The largest absolute Gasteiger partial charge is 0.479 e. The van der Waals surface area contributed by atoms with Gasteiger partial charge in [-0.2, -0.15) is 0 Å². The van der Waals surface area contributed by atoms with Gasteiger partial charge in [0.05, 0.1) is 6.61 Å². The number of allylic oxidation sites excluding steroid dienone is 10. The van der Waals surface area contributed by atoms with Crippen LogP contribution in [0.4, 0.5) is 0 Å². The normalized spacial score (nSPS) is 18.7. The van der Waals surface area contributed by atoms with E-state index in [1.807, 2.05) is 0 Å². The van der Waals surface area contributed by atoms with Crippen LogP contribution in [0.3, 0.4) is 0 Å². The maximum absolute atomic E-state index is 13.1. The maximum Gasteiger partial charge on any atom is 0.335 e. The van der Waals surface area contributed by atoms with Gasteiger partial charge in [-0.1, -0.05) is 191 Å². The van der Waals surface area contributed by atoms with Crippen molar-refractivity contribution in [1.29, 1.82) is 0 Å². The molecule has 0 spiro atoms. The fourth-order valence-corrected chi connectivity index (χ4v) is 8.47. The van der Waals surface area contributed by atoms with Gasteiger partial charge in [0.25, 0.3) is 0 Å². The van der Waals surface area contributed by atoms with Gasteiger partial charge in [-0.15, -0.1) is 0 Å². The standard InChI is InChI=1S/C61H104O12/c1-4-7-10-13-16-19-22-24-25-26-27-28-29-31-33-35-38-41-44-47-53(62)69-50-52(71-54(63)48-45-42-39-36-32-21-18-15-12-9-6-3)51-70-61-59(57(66)56(65)58(73-61)60(67)68)72-55(64)49-46-43-40-37-34-30-23-20-17-14-11-8-5-2/h15-16,18-20,23-25,27-28,52,56-59,61,65-66H,4-14,17,21-22,26,29-51H2,1-3H3,(H,67,68)/b18-15-,19-16-,23-20-,25-24-,28-27-. The molecule has 3 N–H and O–H groups in total. The summed E-state index contributed by atoms with van der Waals surface area (Å²) in [6.07, 6.45) is 47.7. The van der Waals surface area contributed by atoms with Crippen molar-refractivity contribution >= 4 is 23.9 Å². The Morgan fingerprint density at radius 2 is 0.836 bits per heavy atom. The number of aliphatic hydroxyl groups is 2. The lowest BCUT2D eigenvalue weighted by atomic mass is 9.98. The first-order valence-corrected chi connectivity index (χ1v) is 29.3. The minimum atomic E-state index is -1.91. The first-order chi connectivity index (χ1) is 35.6. The molecule has 1 aliphatic rings. The second-order valence-electron chi connectivity index (χ2n) is 19.9. The monoisotopic (exact) mass is 1030 g/mol. The molecule has 1 rings (SSSR count). The highest BCUT2D eigenvalue weighted by Crippen LogP contribution is 2.26. The molecule has 1 heterocycles. The van der Waals surface area contributed by atoms with E-state index in [2.05, 4.69) is 81.5 Å². The molecule has 12 nitrogen and oxygen atoms in total. The van der Waals surface area contributed by atoms with Gasteiger partial charge >= 0.3 is 23.9 Å². The minimum Gasteiger partial charge on any atom is -0.479 e. The van der Waals surface area contributed by atoms with Crippen molar-refractivity contribution in [3.8, 4) is 0 Å². The number of carbonyl (C=O) groups excluding carboxylic acids is 3. The zero-order valence-corrected chi connectivity index (χ0v) is 46.1. The van der Waals surface area contributed by atoms with Crippen molar-refractivity contribution in [2.75, 3.05) is 13.2 Å². The summed E-state index contributed by atoms with van der Waals surface area (Å²) in [4.78, 5) is 51.0. The lowest BCUT2D eigenvalue weighted by Gasteiger charge is -2.40. The Labute approximate surface area is 443 Å². The minimum absolute atomic E-state index is 0.0478. The lowest BCUT2D eigenvalue weighted by Crippen LogP contribution is -2.61. The van der Waals surface area contributed by atoms with Crippen LogP contribution in [0.2, 0.25) is 0 Å². The number of aliphatic carboxylic acids is 1. The zero-order valence-electron chi connectivity index (χ0n) is 46.1. The molecule has 0 aromatic heterocycles. The predicted octanol–water partition coefficient (Wildman–Crippen LogP) is 14.8. The lowest BCUT2D eigenvalue weighted by molar-refractivity contribution is -0.301. The predicted molar refractivity (Wildman–Crippen MR) is 294 cm³/mol. The van der Waals surface area contributed by atoms with Crippen LogP contribution in [0.15, 0.2) is 60.8 Å². The molecule has 0 amide bonds. The Morgan fingerprint density at radius 1 is 0.452 bits per heavy atom. The first kappa shape index (κ1) is 67.4. The van der Waals surface area contributed by atoms with E-state index in [9.17, 15) is 34.5 Å². The second kappa shape index (κ2) is 49.3. The molecule has 0 saturated carbocycles. The zero-order chi connectivity index (χ0) is 53.3. The van der Waals surface area contributed by atoms with Gasteiger partial charge < -0.3 is 39.0 Å². The van der Waals surface area contributed by atoms with Gasteiger partial charge in [-0.25, -0.2) is 4.79 Å². The van der Waals surface area contributed by atoms with E-state index in [1.54, 1.807) is 0 Å². The summed E-state index contributed by atoms with van der Waals surface area (Å²) in [6, 6.07) is 0. The maximum atomic E-state index is 13.1. The molecule has 6 unspecified atom stereocenters. The quantitative estimate of drug-likeness (QED) is 0.0228. The number of ether oxygens (including phenoxy) is 5. The number of carbonyl (C=O) groups is 4. The summed E-state index contributed by atoms with van der Waals surface area (Å²) < 4.78 is 28.4. The van der Waals surface area contributed by atoms with Crippen LogP contribution >= 0.6 is 0 Å². The summed E-state index contributed by atoms with van der Waals surface area (Å²) in [5, 5.41) is 31.4. The number of hydrogen-bond donors (Lipinski definition) is 3. The molecule has 6 atom stereocenters. The fraction of sp³-hybridized carbons (Fsp3) is 0.770. The van der Waals surface area contributed by atoms with Crippen molar-refractivity contribution in [3.05, 3.63) is 60.8 Å². The smallest absolute Gasteiger partial charge is 0.335 e. The highest BCUT2D eigenvalue weighted by Gasteiger charge is 2.50. The Balaban J connectivity index is 2.68. The topological polar surface area (TPSA) is 175 Å². The molecular formula is C61H104O12. The van der Waals surface area contributed by atoms with Gasteiger partial charge in [0, 0.05) is 19.3 Å². The third-order valence-corrected chi connectivity index (χ3v) is 13.0. The molecule has 1 aliphatic heterocycles. The summed E-state index contributed by atoms with van der Waals surface area (Å²) in [7, 11) is 0. The van der Waals surface area contributed by atoms with Gasteiger partial charge in [0.2, 0.25) is 0 Å². The average Bonchev–Trinajstić information content (AvgIpc) is 3.37. The number of carboxylic acids is 1. The van der Waals surface area contributed by atoms with Crippen molar-refractivity contribution in [2.45, 2.75) is 289 Å². The number of unbranched alkanes of at least 4 members (excludes halogenated alkanes) is 25. The fourth-order valence-electron chi connectivity index (χ4n) is 8.47. The van der Waals surface area contributed by atoms with Crippen LogP contribution in [-0.4, -0.2) is 89.2 Å². The molecule has 1 saturated heterocycles. The molecule has 0 bridgehead atoms. The van der Waals surface area contributed by atoms with Crippen molar-refractivity contribution in [1.82, 2.24) is 0 Å². The summed E-state index contributed by atoms with van der Waals surface area (Å²) in [6.45, 7) is 5.88. The molecule has 420 valence electrons. The number of aliphatic hydroxyl groups excluding tert-OH is 2. The van der Waals surface area contributed by atoms with Gasteiger partial charge in [-0.05, 0) is 103 Å². The Morgan fingerprint density at radius 3 is 1.33 bits per heavy atom. The highest BCUT2D eigenvalue weighted by atomic mass is 16.7.